The van der Waals surface area contributed by atoms with Gasteiger partial charge in [-0.25, -0.2) is 9.18 Å². The molecule has 1 aliphatic carbocycles. The van der Waals surface area contributed by atoms with Crippen molar-refractivity contribution in [2.45, 2.75) is 12.2 Å². The maximum atomic E-state index is 14.8. The van der Waals surface area contributed by atoms with Gasteiger partial charge in [-0.3, -0.25) is 19.3 Å². The van der Waals surface area contributed by atoms with Gasteiger partial charge in [-0.1, -0.05) is 30.3 Å². The number of carbonyl (C=O) groups excluding carboxylic acids is 2. The Morgan fingerprint density at radius 3 is 2.68 bits per heavy atom. The standard InChI is InChI=1S/C30H25FN4O5S/c1-32(2)30(38)40-27-23(36)9-11-34-26(27)29(37)33-12-13-39-16-24(33)35(34)25-18-5-3-4-6-20(18)28-21(10-14-41-28)22-15-17(31)7-8-19(22)25/h3-11,14-15,24-25H,12-13,16H2,1-2H3/t24-,25?/m1/s1. The molecule has 2 amide bonds. The maximum absolute atomic E-state index is 14.8. The number of nitrogens with zero attached hydrogens (tertiary/aromatic N) is 4. The second-order valence-corrected chi connectivity index (χ2v) is 11.2. The highest BCUT2D eigenvalue weighted by Gasteiger charge is 2.46. The van der Waals surface area contributed by atoms with Crippen LogP contribution in [0.4, 0.5) is 9.18 Å². The zero-order valence-electron chi connectivity index (χ0n) is 22.2. The van der Waals surface area contributed by atoms with E-state index in [2.05, 4.69) is 0 Å². The molecule has 208 valence electrons. The van der Waals surface area contributed by atoms with Crippen molar-refractivity contribution in [3.63, 3.8) is 0 Å². The number of pyridine rings is 1. The molecular formula is C30H25FN4O5S. The molecule has 0 radical (unpaired) electrons. The van der Waals surface area contributed by atoms with Gasteiger partial charge < -0.3 is 19.3 Å². The second-order valence-electron chi connectivity index (χ2n) is 10.3. The zero-order chi connectivity index (χ0) is 28.4. The smallest absolute Gasteiger partial charge is 0.403 e. The summed E-state index contributed by atoms with van der Waals surface area (Å²) in [6, 6.07) is 15.5. The average Bonchev–Trinajstić information content (AvgIpc) is 3.43. The molecule has 4 heterocycles. The van der Waals surface area contributed by atoms with Crippen LogP contribution in [-0.2, 0) is 4.74 Å². The third-order valence-corrected chi connectivity index (χ3v) is 8.69. The van der Waals surface area contributed by atoms with Gasteiger partial charge in [-0.2, -0.15) is 0 Å². The number of thiophene rings is 1. The van der Waals surface area contributed by atoms with Crippen LogP contribution in [0.3, 0.4) is 0 Å². The SMILES string of the molecule is CN(C)C(=O)Oc1c2n(ccc1=O)N(C1c3ccc(F)cc3-c3ccsc3-c3ccccc31)[C@@H]1COCCN1C2=O. The van der Waals surface area contributed by atoms with Gasteiger partial charge in [-0.05, 0) is 45.8 Å². The molecule has 1 saturated heterocycles. The molecule has 11 heteroatoms. The van der Waals surface area contributed by atoms with Gasteiger partial charge in [0.2, 0.25) is 11.2 Å². The molecular weight excluding hydrogens is 547 g/mol. The maximum Gasteiger partial charge on any atom is 0.414 e. The van der Waals surface area contributed by atoms with Crippen molar-refractivity contribution in [3.8, 4) is 27.3 Å². The molecule has 2 aliphatic heterocycles. The Balaban J connectivity index is 1.53. The lowest BCUT2D eigenvalue weighted by Gasteiger charge is -2.51. The van der Waals surface area contributed by atoms with E-state index >= 15 is 0 Å². The summed E-state index contributed by atoms with van der Waals surface area (Å²) >= 11 is 1.58. The van der Waals surface area contributed by atoms with E-state index in [-0.39, 0.29) is 30.4 Å². The van der Waals surface area contributed by atoms with Gasteiger partial charge in [0.05, 0.1) is 19.3 Å². The molecule has 4 aromatic rings. The van der Waals surface area contributed by atoms with Gasteiger partial charge in [0.25, 0.3) is 5.91 Å². The number of fused-ring (bicyclic) bond motifs is 7. The summed E-state index contributed by atoms with van der Waals surface area (Å²) in [4.78, 5) is 43.5. The number of benzene rings is 2. The molecule has 2 aromatic carbocycles. The third kappa shape index (κ3) is 3.87. The van der Waals surface area contributed by atoms with Gasteiger partial charge in [0, 0.05) is 43.3 Å². The summed E-state index contributed by atoms with van der Waals surface area (Å²) in [5.74, 6) is -1.13. The summed E-state index contributed by atoms with van der Waals surface area (Å²) in [6.07, 6.45) is 0.196. The van der Waals surface area contributed by atoms with E-state index < -0.39 is 29.6 Å². The lowest BCUT2D eigenvalue weighted by atomic mass is 9.92. The highest BCUT2D eigenvalue weighted by molar-refractivity contribution is 7.14. The molecule has 3 aliphatic rings. The van der Waals surface area contributed by atoms with Crippen molar-refractivity contribution in [3.05, 3.63) is 99.0 Å². The topological polar surface area (TPSA) is 84.3 Å². The average molecular weight is 573 g/mol. The Hall–Kier alpha value is -4.48. The van der Waals surface area contributed by atoms with Crippen molar-refractivity contribution >= 4 is 23.3 Å². The van der Waals surface area contributed by atoms with Crippen molar-refractivity contribution in [2.24, 2.45) is 0 Å². The number of hydrogen-bond acceptors (Lipinski definition) is 7. The molecule has 2 aromatic heterocycles. The fourth-order valence-electron chi connectivity index (χ4n) is 5.92. The fraction of sp³-hybridized carbons (Fsp3) is 0.233. The summed E-state index contributed by atoms with van der Waals surface area (Å²) in [7, 11) is 3.00. The predicted octanol–water partition coefficient (Wildman–Crippen LogP) is 4.30. The zero-order valence-corrected chi connectivity index (χ0v) is 23.1. The van der Waals surface area contributed by atoms with E-state index in [9.17, 15) is 18.8 Å². The minimum absolute atomic E-state index is 0.0500. The molecule has 0 spiro atoms. The Morgan fingerprint density at radius 1 is 1.05 bits per heavy atom. The molecule has 1 unspecified atom stereocenters. The summed E-state index contributed by atoms with van der Waals surface area (Å²) in [5, 5.41) is 3.98. The van der Waals surface area contributed by atoms with Crippen LogP contribution in [0, 0.1) is 5.82 Å². The molecule has 1 fully saturated rings. The van der Waals surface area contributed by atoms with Gasteiger partial charge in [0.1, 0.15) is 12.0 Å². The van der Waals surface area contributed by atoms with Crippen molar-refractivity contribution < 1.29 is 23.5 Å². The summed E-state index contributed by atoms with van der Waals surface area (Å²) in [5.41, 5.74) is 3.78. The number of aromatic nitrogens is 1. The highest BCUT2D eigenvalue weighted by atomic mass is 32.1. The summed E-state index contributed by atoms with van der Waals surface area (Å²) in [6.45, 7) is 0.809. The van der Waals surface area contributed by atoms with Gasteiger partial charge in [-0.15, -0.1) is 11.3 Å². The second kappa shape index (κ2) is 9.57. The van der Waals surface area contributed by atoms with Crippen LogP contribution >= 0.6 is 11.3 Å². The number of amides is 2. The van der Waals surface area contributed by atoms with Crippen LogP contribution in [0.15, 0.2) is 71.0 Å². The van der Waals surface area contributed by atoms with E-state index in [1.54, 1.807) is 33.0 Å². The number of rotatable bonds is 2. The van der Waals surface area contributed by atoms with Crippen LogP contribution in [0.25, 0.3) is 21.6 Å². The Kier molecular flexibility index (Phi) is 5.95. The first-order valence-electron chi connectivity index (χ1n) is 13.1. The monoisotopic (exact) mass is 572 g/mol. The van der Waals surface area contributed by atoms with Crippen molar-refractivity contribution in [1.82, 2.24) is 14.5 Å². The van der Waals surface area contributed by atoms with Crippen LogP contribution in [0.5, 0.6) is 5.75 Å². The molecule has 41 heavy (non-hydrogen) atoms. The first-order valence-corrected chi connectivity index (χ1v) is 14.0. The van der Waals surface area contributed by atoms with Gasteiger partial charge in [0.15, 0.2) is 5.69 Å². The van der Waals surface area contributed by atoms with Gasteiger partial charge >= 0.3 is 6.09 Å². The highest BCUT2D eigenvalue weighted by Crippen LogP contribution is 2.50. The quantitative estimate of drug-likeness (QED) is 0.356. The van der Waals surface area contributed by atoms with E-state index in [0.717, 1.165) is 32.7 Å². The third-order valence-electron chi connectivity index (χ3n) is 7.74. The largest absolute Gasteiger partial charge is 0.414 e. The molecule has 0 bridgehead atoms. The Labute approximate surface area is 238 Å². The predicted molar refractivity (Wildman–Crippen MR) is 151 cm³/mol. The van der Waals surface area contributed by atoms with E-state index in [0.29, 0.717) is 6.61 Å². The minimum atomic E-state index is -0.773. The van der Waals surface area contributed by atoms with E-state index in [1.807, 2.05) is 40.7 Å². The van der Waals surface area contributed by atoms with E-state index in [1.165, 1.54) is 37.3 Å². The van der Waals surface area contributed by atoms with Crippen LogP contribution < -0.4 is 15.2 Å². The van der Waals surface area contributed by atoms with Crippen LogP contribution in [-0.4, -0.2) is 66.5 Å². The number of halogens is 1. The Bertz CT molecular complexity index is 1780. The number of carbonyl (C=O) groups is 2. The van der Waals surface area contributed by atoms with Crippen molar-refractivity contribution in [2.75, 3.05) is 38.9 Å². The first-order chi connectivity index (χ1) is 19.8. The molecule has 2 atom stereocenters. The lowest BCUT2D eigenvalue weighted by molar-refractivity contribution is -0.0196. The van der Waals surface area contributed by atoms with Crippen molar-refractivity contribution in [1.29, 1.82) is 0 Å². The molecule has 0 saturated carbocycles. The normalized spacial score (nSPS) is 18.9. The summed E-state index contributed by atoms with van der Waals surface area (Å²) < 4.78 is 27.8. The molecule has 9 nitrogen and oxygen atoms in total. The van der Waals surface area contributed by atoms with Crippen LogP contribution in [0.1, 0.15) is 27.7 Å². The number of morpholine rings is 1. The lowest BCUT2D eigenvalue weighted by Crippen LogP contribution is -2.66. The first kappa shape index (κ1) is 25.5. The molecule has 0 N–H and O–H groups in total. The fourth-order valence-corrected chi connectivity index (χ4v) is 6.88. The number of ether oxygens (including phenoxy) is 2. The van der Waals surface area contributed by atoms with Crippen LogP contribution in [0.2, 0.25) is 0 Å². The Morgan fingerprint density at radius 2 is 1.85 bits per heavy atom. The minimum Gasteiger partial charge on any atom is -0.403 e. The number of hydrogen-bond donors (Lipinski definition) is 0. The van der Waals surface area contributed by atoms with E-state index in [4.69, 9.17) is 9.47 Å². The molecule has 7 rings (SSSR count).